The topological polar surface area (TPSA) is 55.8 Å². The molecule has 9 heteroatoms. The van der Waals surface area contributed by atoms with E-state index in [0.717, 1.165) is 12.0 Å². The van der Waals surface area contributed by atoms with Crippen LogP contribution in [-0.2, 0) is 18.9 Å². The number of nitrogens with zero attached hydrogens (tertiary/aromatic N) is 1. The quantitative estimate of drug-likeness (QED) is 0.0381. The molecule has 0 radical (unpaired) electrons. The number of benzene rings is 5. The van der Waals surface area contributed by atoms with Crippen molar-refractivity contribution in [1.82, 2.24) is 4.31 Å². The average Bonchev–Trinajstić information content (AvgIpc) is 3.19. The predicted octanol–water partition coefficient (Wildman–Crippen LogP) is 9.11. The van der Waals surface area contributed by atoms with Crippen molar-refractivity contribution in [2.45, 2.75) is 88.7 Å². The van der Waals surface area contributed by atoms with Crippen LogP contribution in [0.3, 0.4) is 0 Å². The van der Waals surface area contributed by atoms with Crippen molar-refractivity contribution in [3.05, 3.63) is 151 Å². The Labute approximate surface area is 353 Å². The van der Waals surface area contributed by atoms with Crippen molar-refractivity contribution in [1.29, 1.82) is 0 Å². The number of hydrogen-bond acceptors (Lipinski definition) is 4. The molecule has 5 rings (SSSR count). The SMILES string of the molecule is Cc1ccc(S(=O)(=O)N(CCCCO[Si](c2ccccc2)(c2ccccc2)C(C)(C)C)C(CI)CCO[Si](c2ccccc2)(c2ccccc2)C(C)(C)C)cc1. The molecule has 0 aromatic heterocycles. The predicted molar refractivity (Wildman–Crippen MR) is 249 cm³/mol. The van der Waals surface area contributed by atoms with E-state index in [1.165, 1.54) is 20.7 Å². The summed E-state index contributed by atoms with van der Waals surface area (Å²) in [6.45, 7) is 17.0. The molecular weight excluding hydrogens is 858 g/mol. The molecule has 0 aliphatic carbocycles. The maximum absolute atomic E-state index is 14.6. The van der Waals surface area contributed by atoms with Gasteiger partial charge in [-0.1, -0.05) is 203 Å². The van der Waals surface area contributed by atoms with Gasteiger partial charge in [0, 0.05) is 30.2 Å². The molecule has 5 aromatic carbocycles. The maximum atomic E-state index is 14.6. The summed E-state index contributed by atoms with van der Waals surface area (Å²) in [5, 5.41) is 4.62. The van der Waals surface area contributed by atoms with Gasteiger partial charge in [0.2, 0.25) is 10.0 Å². The molecule has 0 spiro atoms. The molecule has 0 aliphatic rings. The van der Waals surface area contributed by atoms with E-state index in [-0.39, 0.29) is 16.1 Å². The van der Waals surface area contributed by atoms with E-state index < -0.39 is 26.7 Å². The van der Waals surface area contributed by atoms with Crippen molar-refractivity contribution in [3.8, 4) is 0 Å². The molecule has 5 nitrogen and oxygen atoms in total. The van der Waals surface area contributed by atoms with Crippen LogP contribution in [0.5, 0.6) is 0 Å². The van der Waals surface area contributed by atoms with Crippen LogP contribution < -0.4 is 20.7 Å². The molecule has 298 valence electrons. The molecule has 0 bridgehead atoms. The molecule has 0 aliphatic heterocycles. The Balaban J connectivity index is 1.40. The third-order valence-corrected chi connectivity index (χ3v) is 24.0. The minimum absolute atomic E-state index is 0.131. The first-order chi connectivity index (χ1) is 26.7. The smallest absolute Gasteiger partial charge is 0.261 e. The number of alkyl halides is 1. The van der Waals surface area contributed by atoms with Crippen LogP contribution in [0.1, 0.15) is 66.4 Å². The van der Waals surface area contributed by atoms with Gasteiger partial charge in [0.25, 0.3) is 16.6 Å². The van der Waals surface area contributed by atoms with Gasteiger partial charge in [-0.15, -0.1) is 0 Å². The standard InChI is InChI=1S/C47H60INO4SSi2/c1-39-30-32-41(33-31-39)54(50,51)49(35-20-21-36-52-55(46(2,3)4,42-22-12-8-13-23-42)43-24-14-9-15-25-43)40(38-48)34-37-53-56(47(5,6)7,44-26-16-10-17-27-44)45-28-18-11-19-29-45/h8-19,22-33,40H,20-21,34-38H2,1-7H3. The van der Waals surface area contributed by atoms with E-state index in [0.29, 0.717) is 41.9 Å². The van der Waals surface area contributed by atoms with Crippen LogP contribution in [-0.4, -0.2) is 59.6 Å². The van der Waals surface area contributed by atoms with Crippen molar-refractivity contribution in [2.75, 3.05) is 24.2 Å². The lowest BCUT2D eigenvalue weighted by atomic mass is 10.2. The highest BCUT2D eigenvalue weighted by molar-refractivity contribution is 14.1. The minimum atomic E-state index is -3.80. The normalized spacial score (nSPS) is 13.5. The highest BCUT2D eigenvalue weighted by Gasteiger charge is 2.51. The summed E-state index contributed by atoms with van der Waals surface area (Å²) in [7, 11) is -9.29. The summed E-state index contributed by atoms with van der Waals surface area (Å²) in [4.78, 5) is 0.328. The van der Waals surface area contributed by atoms with Gasteiger partial charge in [0.1, 0.15) is 0 Å². The van der Waals surface area contributed by atoms with Gasteiger partial charge in [0.15, 0.2) is 0 Å². The summed E-state index contributed by atoms with van der Waals surface area (Å²) in [5.41, 5.74) is 1.03. The first kappa shape index (κ1) is 44.2. The third kappa shape index (κ3) is 9.68. The Bertz CT molecular complexity index is 1960. The van der Waals surface area contributed by atoms with Gasteiger partial charge < -0.3 is 8.85 Å². The summed E-state index contributed by atoms with van der Waals surface area (Å²) in [5.74, 6) is 0. The highest BCUT2D eigenvalue weighted by atomic mass is 127. The van der Waals surface area contributed by atoms with Crippen molar-refractivity contribution >= 4 is 70.0 Å². The molecular formula is C47H60INO4SSi2. The van der Waals surface area contributed by atoms with Crippen LogP contribution >= 0.6 is 22.6 Å². The van der Waals surface area contributed by atoms with Crippen LogP contribution in [0.4, 0.5) is 0 Å². The van der Waals surface area contributed by atoms with E-state index in [4.69, 9.17) is 8.85 Å². The van der Waals surface area contributed by atoms with E-state index in [1.807, 2.05) is 19.1 Å². The first-order valence-electron chi connectivity index (χ1n) is 19.8. The molecule has 0 saturated heterocycles. The van der Waals surface area contributed by atoms with Gasteiger partial charge in [-0.05, 0) is 69.1 Å². The average molecular weight is 918 g/mol. The summed E-state index contributed by atoms with van der Waals surface area (Å²) in [6, 6.07) is 49.6. The third-order valence-electron chi connectivity index (χ3n) is 10.9. The number of sulfonamides is 1. The Kier molecular flexibility index (Phi) is 15.2. The van der Waals surface area contributed by atoms with Crippen LogP contribution in [0.25, 0.3) is 0 Å². The fourth-order valence-electron chi connectivity index (χ4n) is 8.11. The number of aryl methyl sites for hydroxylation is 1. The second-order valence-electron chi connectivity index (χ2n) is 16.8. The maximum Gasteiger partial charge on any atom is 0.261 e. The van der Waals surface area contributed by atoms with Gasteiger partial charge in [0.05, 0.1) is 4.90 Å². The van der Waals surface area contributed by atoms with E-state index in [2.05, 4.69) is 185 Å². The minimum Gasteiger partial charge on any atom is -0.407 e. The second-order valence-corrected chi connectivity index (χ2v) is 28.1. The fourth-order valence-corrected chi connectivity index (χ4v) is 20.2. The van der Waals surface area contributed by atoms with Crippen LogP contribution in [0.2, 0.25) is 10.1 Å². The highest BCUT2D eigenvalue weighted by Crippen LogP contribution is 2.38. The summed E-state index contributed by atoms with van der Waals surface area (Å²) >= 11 is 2.36. The number of rotatable bonds is 18. The zero-order valence-corrected chi connectivity index (χ0v) is 39.2. The van der Waals surface area contributed by atoms with Crippen molar-refractivity contribution in [3.63, 3.8) is 0 Å². The molecule has 0 saturated carbocycles. The Hall–Kier alpha value is -2.91. The van der Waals surface area contributed by atoms with Crippen LogP contribution in [0, 0.1) is 6.92 Å². The molecule has 0 heterocycles. The van der Waals surface area contributed by atoms with Crippen LogP contribution in [0.15, 0.2) is 150 Å². The van der Waals surface area contributed by atoms with Gasteiger partial charge >= 0.3 is 0 Å². The lowest BCUT2D eigenvalue weighted by Crippen LogP contribution is -2.66. The van der Waals surface area contributed by atoms with Crippen molar-refractivity contribution < 1.29 is 17.3 Å². The molecule has 56 heavy (non-hydrogen) atoms. The zero-order chi connectivity index (χ0) is 40.5. The van der Waals surface area contributed by atoms with Gasteiger partial charge in [-0.3, -0.25) is 0 Å². The lowest BCUT2D eigenvalue weighted by Gasteiger charge is -2.43. The largest absolute Gasteiger partial charge is 0.407 e. The Morgan fingerprint density at radius 1 is 0.571 bits per heavy atom. The number of hydrogen-bond donors (Lipinski definition) is 0. The zero-order valence-electron chi connectivity index (χ0n) is 34.2. The van der Waals surface area contributed by atoms with E-state index >= 15 is 0 Å². The molecule has 0 amide bonds. The van der Waals surface area contributed by atoms with E-state index in [1.54, 1.807) is 16.4 Å². The monoisotopic (exact) mass is 917 g/mol. The molecule has 0 N–H and O–H groups in total. The summed E-state index contributed by atoms with van der Waals surface area (Å²) in [6.07, 6.45) is 1.99. The first-order valence-corrected chi connectivity index (χ1v) is 26.6. The van der Waals surface area contributed by atoms with E-state index in [9.17, 15) is 8.42 Å². The van der Waals surface area contributed by atoms with Gasteiger partial charge in [-0.25, -0.2) is 8.42 Å². The molecule has 5 aromatic rings. The summed E-state index contributed by atoms with van der Waals surface area (Å²) < 4.78 is 46.1. The second kappa shape index (κ2) is 19.2. The fraction of sp³-hybridized carbons (Fsp3) is 0.362. The molecule has 0 fully saturated rings. The van der Waals surface area contributed by atoms with Crippen molar-refractivity contribution in [2.24, 2.45) is 0 Å². The Morgan fingerprint density at radius 2 is 0.946 bits per heavy atom. The Morgan fingerprint density at radius 3 is 1.30 bits per heavy atom. The number of halogens is 1. The molecule has 1 unspecified atom stereocenters. The number of unbranched alkanes of at least 4 members (excludes halogenated alkanes) is 1. The van der Waals surface area contributed by atoms with Gasteiger partial charge in [-0.2, -0.15) is 4.31 Å². The lowest BCUT2D eigenvalue weighted by molar-refractivity contribution is 0.234. The molecule has 1 atom stereocenters.